The summed E-state index contributed by atoms with van der Waals surface area (Å²) in [5.74, 6) is 0. The maximum absolute atomic E-state index is 6.21. The third-order valence-corrected chi connectivity index (χ3v) is 5.66. The number of anilines is 1. The summed E-state index contributed by atoms with van der Waals surface area (Å²) in [7, 11) is 3.75. The largest absolute Gasteiger partial charge is 0.398 e. The van der Waals surface area contributed by atoms with E-state index in [2.05, 4.69) is 53.4 Å². The van der Waals surface area contributed by atoms with E-state index in [1.165, 1.54) is 0 Å². The molecule has 0 radical (unpaired) electrons. The fraction of sp³-hybridized carbons (Fsp3) is 0.200. The summed E-state index contributed by atoms with van der Waals surface area (Å²) in [4.78, 5) is 2.36. The van der Waals surface area contributed by atoms with Gasteiger partial charge in [-0.15, -0.1) is 48.1 Å². The molecule has 4 aromatic carbocycles. The van der Waals surface area contributed by atoms with Crippen LogP contribution >= 0.6 is 37.9 Å². The Bertz CT molecular complexity index is 1250. The number of rotatable bonds is 2. The van der Waals surface area contributed by atoms with Gasteiger partial charge in [-0.05, 0) is 67.0 Å². The molecule has 0 fully saturated rings. The lowest BCUT2D eigenvalue weighted by atomic mass is 10.0. The molecule has 168 valence electrons. The average Bonchev–Trinajstić information content (AvgIpc) is 2.76. The van der Waals surface area contributed by atoms with Crippen molar-refractivity contribution in [2.45, 2.75) is 35.5 Å². The molecule has 0 spiro atoms. The first-order chi connectivity index (χ1) is 15.4. The molecule has 4 nitrogen and oxygen atoms in total. The van der Waals surface area contributed by atoms with Crippen molar-refractivity contribution in [1.29, 1.82) is 0 Å². The molecular formula is C25H30N4S3. The molecule has 0 saturated carbocycles. The minimum Gasteiger partial charge on any atom is -0.398 e. The highest BCUT2D eigenvalue weighted by atomic mass is 32.1. The summed E-state index contributed by atoms with van der Waals surface area (Å²) >= 11 is 13.7. The van der Waals surface area contributed by atoms with Crippen molar-refractivity contribution >= 4 is 76.5 Å². The molecule has 7 heteroatoms. The number of nitrogens with zero attached hydrogens (tertiary/aromatic N) is 2. The Morgan fingerprint density at radius 2 is 1.50 bits per heavy atom. The molecule has 0 heterocycles. The van der Waals surface area contributed by atoms with Crippen LogP contribution in [-0.2, 0) is 0 Å². The molecule has 3 N–H and O–H groups in total. The highest BCUT2D eigenvalue weighted by molar-refractivity contribution is 7.81. The summed E-state index contributed by atoms with van der Waals surface area (Å²) in [5.41, 5.74) is 9.23. The van der Waals surface area contributed by atoms with Gasteiger partial charge in [-0.25, -0.2) is 0 Å². The SMILES string of the molecule is CC.CNC.Cc1c(N=Nc2ccc3ccccc3c2S)c(S)cc2cc(S)cc(N)c12. The van der Waals surface area contributed by atoms with Crippen molar-refractivity contribution in [2.75, 3.05) is 19.8 Å². The van der Waals surface area contributed by atoms with Gasteiger partial charge < -0.3 is 11.1 Å². The van der Waals surface area contributed by atoms with Gasteiger partial charge in [0.15, 0.2) is 0 Å². The Kier molecular flexibility index (Phi) is 9.90. The molecule has 0 bridgehead atoms. The Hall–Kier alpha value is -2.19. The monoisotopic (exact) mass is 482 g/mol. The second-order valence-electron chi connectivity index (χ2n) is 6.86. The molecule has 32 heavy (non-hydrogen) atoms. The summed E-state index contributed by atoms with van der Waals surface area (Å²) < 4.78 is 0. The number of aryl methyl sites for hydroxylation is 1. The van der Waals surface area contributed by atoms with Gasteiger partial charge in [0.25, 0.3) is 0 Å². The summed E-state index contributed by atoms with van der Waals surface area (Å²) in [6.07, 6.45) is 0. The molecule has 0 aliphatic heterocycles. The maximum Gasteiger partial charge on any atom is 0.103 e. The molecule has 0 aliphatic carbocycles. The van der Waals surface area contributed by atoms with Crippen LogP contribution in [0.2, 0.25) is 0 Å². The highest BCUT2D eigenvalue weighted by Gasteiger charge is 2.12. The predicted molar refractivity (Wildman–Crippen MR) is 149 cm³/mol. The third-order valence-electron chi connectivity index (χ3n) is 4.59. The zero-order chi connectivity index (χ0) is 23.8. The van der Waals surface area contributed by atoms with Crippen LogP contribution in [-0.4, -0.2) is 14.1 Å². The van der Waals surface area contributed by atoms with Crippen molar-refractivity contribution in [2.24, 2.45) is 10.2 Å². The van der Waals surface area contributed by atoms with Gasteiger partial charge in [0.1, 0.15) is 5.69 Å². The predicted octanol–water partition coefficient (Wildman–Crippen LogP) is 8.03. The van der Waals surface area contributed by atoms with Crippen LogP contribution in [0.15, 0.2) is 79.5 Å². The van der Waals surface area contributed by atoms with Crippen LogP contribution in [0.3, 0.4) is 0 Å². The quantitative estimate of drug-likeness (QED) is 0.114. The van der Waals surface area contributed by atoms with Crippen molar-refractivity contribution in [1.82, 2.24) is 5.32 Å². The van der Waals surface area contributed by atoms with Gasteiger partial charge in [0, 0.05) is 25.8 Å². The molecule has 0 unspecified atom stereocenters. The molecule has 0 amide bonds. The lowest BCUT2D eigenvalue weighted by molar-refractivity contribution is 1.02. The highest BCUT2D eigenvalue weighted by Crippen LogP contribution is 2.39. The van der Waals surface area contributed by atoms with E-state index < -0.39 is 0 Å². The lowest BCUT2D eigenvalue weighted by Gasteiger charge is -2.11. The van der Waals surface area contributed by atoms with Crippen LogP contribution in [0.4, 0.5) is 17.1 Å². The number of nitrogens with two attached hydrogens (primary N) is 1. The first-order valence-corrected chi connectivity index (χ1v) is 11.7. The standard InChI is InChI=1S/C21H17N3S3.C2H7N.C2H6/c1-11-19-13(8-14(25)10-16(19)22)9-18(26)20(11)24-23-17-7-6-12-4-2-3-5-15(12)21(17)27;1-3-2;1-2/h2-10,25-27H,22H2,1H3;3H,1-2H3;1-2H3. The van der Waals surface area contributed by atoms with Gasteiger partial charge >= 0.3 is 0 Å². The van der Waals surface area contributed by atoms with Crippen LogP contribution in [0.25, 0.3) is 21.5 Å². The lowest BCUT2D eigenvalue weighted by Crippen LogP contribution is -1.91. The number of nitrogen functional groups attached to an aromatic ring is 1. The van der Waals surface area contributed by atoms with Gasteiger partial charge in [-0.2, -0.15) is 0 Å². The zero-order valence-corrected chi connectivity index (χ0v) is 21.7. The molecule has 0 aromatic heterocycles. The van der Waals surface area contributed by atoms with E-state index in [1.807, 2.05) is 89.5 Å². The number of benzene rings is 4. The molecule has 0 atom stereocenters. The molecule has 4 aromatic rings. The van der Waals surface area contributed by atoms with Crippen LogP contribution < -0.4 is 11.1 Å². The zero-order valence-electron chi connectivity index (χ0n) is 19.0. The van der Waals surface area contributed by atoms with E-state index in [-0.39, 0.29) is 0 Å². The van der Waals surface area contributed by atoms with Gasteiger partial charge in [-0.3, -0.25) is 0 Å². The van der Waals surface area contributed by atoms with Crippen LogP contribution in [0.1, 0.15) is 19.4 Å². The van der Waals surface area contributed by atoms with Crippen molar-refractivity contribution in [3.8, 4) is 0 Å². The van der Waals surface area contributed by atoms with Crippen molar-refractivity contribution < 1.29 is 0 Å². The topological polar surface area (TPSA) is 62.8 Å². The summed E-state index contributed by atoms with van der Waals surface area (Å²) in [5, 5.41) is 15.8. The van der Waals surface area contributed by atoms with E-state index in [0.717, 1.165) is 41.8 Å². The molecule has 0 aliphatic rings. The molecule has 0 saturated heterocycles. The molecular weight excluding hydrogens is 453 g/mol. The average molecular weight is 483 g/mol. The normalized spacial score (nSPS) is 10.6. The number of hydrogen-bond donors (Lipinski definition) is 5. The number of nitrogens with one attached hydrogen (secondary N) is 1. The van der Waals surface area contributed by atoms with Crippen LogP contribution in [0.5, 0.6) is 0 Å². The summed E-state index contributed by atoms with van der Waals surface area (Å²) in [6, 6.07) is 17.8. The summed E-state index contributed by atoms with van der Waals surface area (Å²) in [6.45, 7) is 5.98. The second-order valence-corrected chi connectivity index (χ2v) is 8.30. The Morgan fingerprint density at radius 1 is 0.844 bits per heavy atom. The van der Waals surface area contributed by atoms with Gasteiger partial charge in [0.05, 0.1) is 5.69 Å². The van der Waals surface area contributed by atoms with E-state index in [0.29, 0.717) is 17.1 Å². The Morgan fingerprint density at radius 3 is 2.19 bits per heavy atom. The van der Waals surface area contributed by atoms with E-state index in [4.69, 9.17) is 5.73 Å². The van der Waals surface area contributed by atoms with Crippen molar-refractivity contribution in [3.63, 3.8) is 0 Å². The number of azo groups is 1. The van der Waals surface area contributed by atoms with Gasteiger partial charge in [-0.1, -0.05) is 44.2 Å². The van der Waals surface area contributed by atoms with Crippen molar-refractivity contribution in [3.05, 3.63) is 60.2 Å². The Labute approximate surface area is 206 Å². The fourth-order valence-electron chi connectivity index (χ4n) is 3.30. The minimum atomic E-state index is 0.667. The first kappa shape index (κ1) is 26.1. The fourth-order valence-corrected chi connectivity index (χ4v) is 4.25. The van der Waals surface area contributed by atoms with E-state index in [1.54, 1.807) is 0 Å². The Balaban J connectivity index is 0.000000671. The van der Waals surface area contributed by atoms with E-state index in [9.17, 15) is 0 Å². The van der Waals surface area contributed by atoms with Crippen LogP contribution in [0, 0.1) is 6.92 Å². The molecule has 4 rings (SSSR count). The maximum atomic E-state index is 6.21. The van der Waals surface area contributed by atoms with E-state index >= 15 is 0 Å². The number of thiol groups is 3. The smallest absolute Gasteiger partial charge is 0.103 e. The minimum absolute atomic E-state index is 0.667. The van der Waals surface area contributed by atoms with Gasteiger partial charge in [0.2, 0.25) is 0 Å². The first-order valence-electron chi connectivity index (χ1n) is 10.3. The third kappa shape index (κ3) is 5.78. The second kappa shape index (κ2) is 12.2. The number of fused-ring (bicyclic) bond motifs is 2. The number of hydrogen-bond acceptors (Lipinski definition) is 7.